The van der Waals surface area contributed by atoms with E-state index in [4.69, 9.17) is 17.4 Å². The number of aliphatic imine (C=N–C) groups is 1. The summed E-state index contributed by atoms with van der Waals surface area (Å²) in [7, 11) is 0. The van der Waals surface area contributed by atoms with Crippen molar-refractivity contribution in [1.82, 2.24) is 14.9 Å². The molecule has 1 fully saturated rings. The Bertz CT molecular complexity index is 977. The number of aromatic nitrogens is 2. The van der Waals surface area contributed by atoms with Gasteiger partial charge in [0.1, 0.15) is 5.71 Å². The first-order valence-corrected chi connectivity index (χ1v) is 8.88. The summed E-state index contributed by atoms with van der Waals surface area (Å²) in [6.07, 6.45) is -1.33. The van der Waals surface area contributed by atoms with E-state index in [0.717, 1.165) is 12.1 Å². The molecule has 0 radical (unpaired) electrons. The lowest BCUT2D eigenvalue weighted by Crippen LogP contribution is -2.50. The van der Waals surface area contributed by atoms with E-state index < -0.39 is 22.7 Å². The average molecular weight is 425 g/mol. The molecule has 0 bridgehead atoms. The SMILES string of the molecule is C[C@H]1CC(=Nc2ncccn2)C(=NN)CN1C(=O)c1cccc(C(F)(F)F)c1Cl. The standard InChI is InChI=1S/C18H16ClF3N6O/c1-10-8-13(26-17-24-6-3-7-25-17)14(27-23)9-28(10)16(29)11-4-2-5-12(15(11)19)18(20,21)22/h2-7,10H,8-9,23H2,1H3/t10-/m0/s1. The zero-order valence-corrected chi connectivity index (χ0v) is 15.9. The zero-order valence-electron chi connectivity index (χ0n) is 15.2. The average Bonchev–Trinajstić information content (AvgIpc) is 2.68. The number of amides is 1. The molecule has 29 heavy (non-hydrogen) atoms. The van der Waals surface area contributed by atoms with E-state index in [2.05, 4.69) is 20.1 Å². The Kier molecular flexibility index (Phi) is 5.83. The Balaban J connectivity index is 1.90. The fourth-order valence-corrected chi connectivity index (χ4v) is 3.27. The number of carbonyl (C=O) groups excluding carboxylic acids is 1. The van der Waals surface area contributed by atoms with Crippen LogP contribution in [-0.2, 0) is 6.18 Å². The molecule has 2 aromatic rings. The van der Waals surface area contributed by atoms with Crippen molar-refractivity contribution in [2.45, 2.75) is 25.6 Å². The van der Waals surface area contributed by atoms with Gasteiger partial charge >= 0.3 is 6.18 Å². The van der Waals surface area contributed by atoms with Crippen molar-refractivity contribution < 1.29 is 18.0 Å². The van der Waals surface area contributed by atoms with Crippen LogP contribution in [0.5, 0.6) is 0 Å². The van der Waals surface area contributed by atoms with Gasteiger partial charge in [-0.2, -0.15) is 18.3 Å². The number of halogens is 4. The first-order chi connectivity index (χ1) is 13.7. The third-order valence-corrected chi connectivity index (χ3v) is 4.82. The van der Waals surface area contributed by atoms with Gasteiger partial charge in [-0.15, -0.1) is 0 Å². The van der Waals surface area contributed by atoms with E-state index in [1.807, 2.05) is 0 Å². The van der Waals surface area contributed by atoms with Crippen molar-refractivity contribution in [3.63, 3.8) is 0 Å². The highest BCUT2D eigenvalue weighted by Crippen LogP contribution is 2.37. The second-order valence-electron chi connectivity index (χ2n) is 6.33. The minimum Gasteiger partial charge on any atom is -0.329 e. The van der Waals surface area contributed by atoms with Gasteiger partial charge in [0.15, 0.2) is 0 Å². The van der Waals surface area contributed by atoms with Gasteiger partial charge in [0.05, 0.1) is 28.4 Å². The first-order valence-electron chi connectivity index (χ1n) is 8.50. The number of carbonyl (C=O) groups is 1. The van der Waals surface area contributed by atoms with Crippen LogP contribution in [0, 0.1) is 0 Å². The molecule has 1 amide bonds. The highest BCUT2D eigenvalue weighted by Gasteiger charge is 2.37. The Labute approximate surface area is 169 Å². The maximum atomic E-state index is 13.1. The summed E-state index contributed by atoms with van der Waals surface area (Å²) < 4.78 is 39.3. The maximum absolute atomic E-state index is 13.1. The molecule has 0 unspecified atom stereocenters. The highest BCUT2D eigenvalue weighted by atomic mass is 35.5. The van der Waals surface area contributed by atoms with Crippen LogP contribution in [-0.4, -0.2) is 44.8 Å². The van der Waals surface area contributed by atoms with Crippen LogP contribution >= 0.6 is 11.6 Å². The molecule has 0 spiro atoms. The number of alkyl halides is 3. The molecule has 1 saturated heterocycles. The van der Waals surface area contributed by atoms with Crippen LogP contribution in [0.2, 0.25) is 5.02 Å². The predicted molar refractivity (Wildman–Crippen MR) is 102 cm³/mol. The second kappa shape index (κ2) is 8.16. The molecule has 2 heterocycles. The third-order valence-electron chi connectivity index (χ3n) is 4.41. The van der Waals surface area contributed by atoms with E-state index in [-0.39, 0.29) is 30.5 Å². The van der Waals surface area contributed by atoms with E-state index in [9.17, 15) is 18.0 Å². The van der Waals surface area contributed by atoms with Crippen LogP contribution in [0.25, 0.3) is 0 Å². The smallest absolute Gasteiger partial charge is 0.329 e. The molecule has 152 valence electrons. The van der Waals surface area contributed by atoms with Crippen LogP contribution in [0.4, 0.5) is 19.1 Å². The van der Waals surface area contributed by atoms with Gasteiger partial charge in [-0.1, -0.05) is 17.7 Å². The van der Waals surface area contributed by atoms with Crippen molar-refractivity contribution >= 4 is 34.9 Å². The topological polar surface area (TPSA) is 96.8 Å². The molecule has 0 aliphatic carbocycles. The van der Waals surface area contributed by atoms with E-state index in [1.165, 1.54) is 23.4 Å². The fraction of sp³-hybridized carbons (Fsp3) is 0.278. The van der Waals surface area contributed by atoms with Crippen molar-refractivity contribution in [3.8, 4) is 0 Å². The number of rotatable bonds is 2. The number of hydrogen-bond acceptors (Lipinski definition) is 6. The molecule has 2 N–H and O–H groups in total. The zero-order chi connectivity index (χ0) is 21.2. The van der Waals surface area contributed by atoms with E-state index in [1.54, 1.807) is 13.0 Å². The van der Waals surface area contributed by atoms with Crippen LogP contribution in [0.1, 0.15) is 29.3 Å². The minimum absolute atomic E-state index is 0.0330. The molecule has 11 heteroatoms. The Morgan fingerprint density at radius 3 is 2.55 bits per heavy atom. The molecule has 1 aromatic heterocycles. The first kappa shape index (κ1) is 20.7. The van der Waals surface area contributed by atoms with Crippen LogP contribution in [0.3, 0.4) is 0 Å². The van der Waals surface area contributed by atoms with E-state index >= 15 is 0 Å². The molecular formula is C18H16ClF3N6O. The molecular weight excluding hydrogens is 409 g/mol. The predicted octanol–water partition coefficient (Wildman–Crippen LogP) is 3.47. The highest BCUT2D eigenvalue weighted by molar-refractivity contribution is 6.44. The van der Waals surface area contributed by atoms with E-state index in [0.29, 0.717) is 11.4 Å². The molecule has 1 aromatic carbocycles. The van der Waals surface area contributed by atoms with Gasteiger partial charge in [0, 0.05) is 24.9 Å². The normalized spacial score (nSPS) is 20.3. The number of hydrogen-bond donors (Lipinski definition) is 1. The lowest BCUT2D eigenvalue weighted by Gasteiger charge is -2.35. The fourth-order valence-electron chi connectivity index (χ4n) is 2.95. The minimum atomic E-state index is -4.67. The van der Waals surface area contributed by atoms with Crippen molar-refractivity contribution in [3.05, 3.63) is 52.8 Å². The van der Waals surface area contributed by atoms with Gasteiger partial charge in [0.25, 0.3) is 5.91 Å². The van der Waals surface area contributed by atoms with Crippen molar-refractivity contribution in [2.75, 3.05) is 6.54 Å². The van der Waals surface area contributed by atoms with Gasteiger partial charge < -0.3 is 10.7 Å². The summed E-state index contributed by atoms with van der Waals surface area (Å²) in [6, 6.07) is 4.49. The number of nitrogens with zero attached hydrogens (tertiary/aromatic N) is 5. The number of likely N-dealkylation sites (tertiary alicyclic amines) is 1. The second-order valence-corrected chi connectivity index (χ2v) is 6.71. The van der Waals surface area contributed by atoms with Gasteiger partial charge in [-0.05, 0) is 25.1 Å². The summed E-state index contributed by atoms with van der Waals surface area (Å²) in [5.74, 6) is 5.03. The lowest BCUT2D eigenvalue weighted by atomic mass is 9.98. The largest absolute Gasteiger partial charge is 0.417 e. The quantitative estimate of drug-likeness (QED) is 0.589. The molecule has 3 rings (SSSR count). The van der Waals surface area contributed by atoms with Gasteiger partial charge in [0.2, 0.25) is 5.95 Å². The number of nitrogens with two attached hydrogens (primary N) is 1. The molecule has 1 aliphatic rings. The van der Waals surface area contributed by atoms with Crippen molar-refractivity contribution in [2.24, 2.45) is 15.9 Å². The van der Waals surface area contributed by atoms with Gasteiger partial charge in [-0.3, -0.25) is 4.79 Å². The summed E-state index contributed by atoms with van der Waals surface area (Å²) in [4.78, 5) is 26.7. The Morgan fingerprint density at radius 1 is 1.24 bits per heavy atom. The Morgan fingerprint density at radius 2 is 1.93 bits per heavy atom. The molecule has 7 nitrogen and oxygen atoms in total. The summed E-state index contributed by atoms with van der Waals surface area (Å²) in [5, 5.41) is 3.05. The summed E-state index contributed by atoms with van der Waals surface area (Å²) in [5.41, 5.74) is -0.486. The lowest BCUT2D eigenvalue weighted by molar-refractivity contribution is -0.137. The Hall–Kier alpha value is -3.01. The van der Waals surface area contributed by atoms with Gasteiger partial charge in [-0.25, -0.2) is 15.0 Å². The number of piperidine rings is 1. The number of benzene rings is 1. The molecule has 0 saturated carbocycles. The summed E-state index contributed by atoms with van der Waals surface area (Å²) in [6.45, 7) is 1.71. The van der Waals surface area contributed by atoms with Crippen LogP contribution in [0.15, 0.2) is 46.8 Å². The van der Waals surface area contributed by atoms with Crippen molar-refractivity contribution in [1.29, 1.82) is 0 Å². The third kappa shape index (κ3) is 4.37. The van der Waals surface area contributed by atoms with Crippen LogP contribution < -0.4 is 5.84 Å². The maximum Gasteiger partial charge on any atom is 0.417 e. The monoisotopic (exact) mass is 424 g/mol. The number of hydrazone groups is 1. The molecule has 1 atom stereocenters. The molecule has 1 aliphatic heterocycles. The summed E-state index contributed by atoms with van der Waals surface area (Å²) >= 11 is 5.90.